The molecule has 1 aliphatic rings. The summed E-state index contributed by atoms with van der Waals surface area (Å²) in [5, 5.41) is 7.24. The van der Waals surface area contributed by atoms with Crippen LogP contribution in [0.15, 0.2) is 28.6 Å². The van der Waals surface area contributed by atoms with Crippen molar-refractivity contribution in [2.75, 3.05) is 0 Å². The highest BCUT2D eigenvalue weighted by molar-refractivity contribution is 7.16. The Kier molecular flexibility index (Phi) is 3.68. The minimum absolute atomic E-state index is 0.00282. The van der Waals surface area contributed by atoms with E-state index in [1.807, 2.05) is 22.4 Å². The molecular weight excluding hydrogens is 324 g/mol. The Labute approximate surface area is 143 Å². The van der Waals surface area contributed by atoms with Crippen molar-refractivity contribution in [3.05, 3.63) is 34.2 Å². The molecule has 1 aliphatic heterocycles. The number of likely N-dealkylation sites (tertiary alicyclic amines) is 1. The Morgan fingerprint density at radius 2 is 2.08 bits per heavy atom. The largest absolute Gasteiger partial charge is 0.336 e. The molecule has 126 valence electrons. The minimum Gasteiger partial charge on any atom is -0.336 e. The SMILES string of the molecule is C[C@@H]1CCC[C@@H](C)N1C(=O)Cn1ncn2c(cc3ccsc32)c1=O. The average molecular weight is 344 g/mol. The number of carbonyl (C=O) groups is 1. The molecule has 0 aromatic carbocycles. The second kappa shape index (κ2) is 5.73. The molecule has 0 N–H and O–H groups in total. The fourth-order valence-corrected chi connectivity index (χ4v) is 4.62. The molecule has 0 unspecified atom stereocenters. The standard InChI is InChI=1S/C17H20N4O2S/c1-11-4-3-5-12(2)21(11)15(22)9-20-16(23)14-8-13-6-7-24-17(13)19(14)10-18-20/h6-8,10-12H,3-5,9H2,1-2H3/t11-,12-/m1/s1. The van der Waals surface area contributed by atoms with E-state index in [1.54, 1.807) is 22.1 Å². The predicted octanol–water partition coefficient (Wildman–Crippen LogP) is 2.50. The Hall–Kier alpha value is -2.15. The topological polar surface area (TPSA) is 59.6 Å². The maximum absolute atomic E-state index is 12.7. The van der Waals surface area contributed by atoms with Gasteiger partial charge in [-0.1, -0.05) is 0 Å². The van der Waals surface area contributed by atoms with Gasteiger partial charge in [0.2, 0.25) is 5.91 Å². The number of rotatable bonds is 2. The van der Waals surface area contributed by atoms with Crippen LogP contribution in [0, 0.1) is 0 Å². The first-order valence-electron chi connectivity index (χ1n) is 8.32. The van der Waals surface area contributed by atoms with Gasteiger partial charge in [0.25, 0.3) is 5.56 Å². The molecule has 1 fully saturated rings. The molecule has 0 saturated carbocycles. The van der Waals surface area contributed by atoms with E-state index in [9.17, 15) is 9.59 Å². The predicted molar refractivity (Wildman–Crippen MR) is 94.5 cm³/mol. The number of hydrogen-bond donors (Lipinski definition) is 0. The molecule has 4 heterocycles. The van der Waals surface area contributed by atoms with Crippen molar-refractivity contribution in [1.29, 1.82) is 0 Å². The lowest BCUT2D eigenvalue weighted by atomic mass is 9.97. The van der Waals surface area contributed by atoms with Gasteiger partial charge >= 0.3 is 0 Å². The summed E-state index contributed by atoms with van der Waals surface area (Å²) in [6, 6.07) is 4.29. The summed E-state index contributed by atoms with van der Waals surface area (Å²) >= 11 is 1.57. The van der Waals surface area contributed by atoms with Crippen LogP contribution in [-0.2, 0) is 11.3 Å². The fraction of sp³-hybridized carbons (Fsp3) is 0.471. The fourth-order valence-electron chi connectivity index (χ4n) is 3.76. The van der Waals surface area contributed by atoms with Crippen LogP contribution in [0.25, 0.3) is 15.7 Å². The molecule has 3 aromatic heterocycles. The van der Waals surface area contributed by atoms with Crippen LogP contribution in [0.3, 0.4) is 0 Å². The number of carbonyl (C=O) groups excluding carboxylic acids is 1. The minimum atomic E-state index is -0.216. The van der Waals surface area contributed by atoms with Crippen LogP contribution in [0.5, 0.6) is 0 Å². The Morgan fingerprint density at radius 1 is 1.33 bits per heavy atom. The zero-order chi connectivity index (χ0) is 16.8. The molecule has 24 heavy (non-hydrogen) atoms. The third-order valence-corrected chi connectivity index (χ3v) is 5.90. The third kappa shape index (κ3) is 2.34. The molecular formula is C17H20N4O2S. The molecule has 0 bridgehead atoms. The lowest BCUT2D eigenvalue weighted by Gasteiger charge is -2.39. The van der Waals surface area contributed by atoms with E-state index < -0.39 is 0 Å². The normalized spacial score (nSPS) is 21.7. The van der Waals surface area contributed by atoms with E-state index in [4.69, 9.17) is 0 Å². The monoisotopic (exact) mass is 344 g/mol. The molecule has 6 nitrogen and oxygen atoms in total. The Bertz CT molecular complexity index is 960. The highest BCUT2D eigenvalue weighted by Gasteiger charge is 2.29. The lowest BCUT2D eigenvalue weighted by Crippen LogP contribution is -2.49. The summed E-state index contributed by atoms with van der Waals surface area (Å²) in [7, 11) is 0. The highest BCUT2D eigenvalue weighted by Crippen LogP contribution is 2.24. The van der Waals surface area contributed by atoms with E-state index in [-0.39, 0.29) is 30.1 Å². The summed E-state index contributed by atoms with van der Waals surface area (Å²) in [6.45, 7) is 4.16. The van der Waals surface area contributed by atoms with E-state index >= 15 is 0 Å². The van der Waals surface area contributed by atoms with Crippen LogP contribution in [0.4, 0.5) is 0 Å². The third-order valence-electron chi connectivity index (χ3n) is 4.97. The second-order valence-electron chi connectivity index (χ2n) is 6.60. The summed E-state index contributed by atoms with van der Waals surface area (Å²) in [6.07, 6.45) is 4.82. The van der Waals surface area contributed by atoms with Crippen LogP contribution >= 0.6 is 11.3 Å². The number of thiophene rings is 1. The van der Waals surface area contributed by atoms with Gasteiger partial charge in [0, 0.05) is 17.5 Å². The first-order valence-corrected chi connectivity index (χ1v) is 9.20. The smallest absolute Gasteiger partial charge is 0.291 e. The van der Waals surface area contributed by atoms with Gasteiger partial charge in [0.1, 0.15) is 23.2 Å². The summed E-state index contributed by atoms with van der Waals surface area (Å²) in [5.41, 5.74) is 0.353. The van der Waals surface area contributed by atoms with Gasteiger partial charge in [0.05, 0.1) is 0 Å². The molecule has 3 aromatic rings. The summed E-state index contributed by atoms with van der Waals surface area (Å²) in [5.74, 6) is -0.0259. The maximum Gasteiger partial charge on any atom is 0.291 e. The van der Waals surface area contributed by atoms with Crippen molar-refractivity contribution < 1.29 is 4.79 Å². The van der Waals surface area contributed by atoms with E-state index in [2.05, 4.69) is 18.9 Å². The van der Waals surface area contributed by atoms with Crippen molar-refractivity contribution in [3.63, 3.8) is 0 Å². The maximum atomic E-state index is 12.7. The highest BCUT2D eigenvalue weighted by atomic mass is 32.1. The first kappa shape index (κ1) is 15.4. The first-order chi connectivity index (χ1) is 11.6. The zero-order valence-corrected chi connectivity index (χ0v) is 14.6. The quantitative estimate of drug-likeness (QED) is 0.718. The number of piperidine rings is 1. The number of aromatic nitrogens is 3. The van der Waals surface area contributed by atoms with Crippen LogP contribution in [0.1, 0.15) is 33.1 Å². The van der Waals surface area contributed by atoms with Gasteiger partial charge in [-0.3, -0.25) is 14.0 Å². The number of fused-ring (bicyclic) bond motifs is 3. The van der Waals surface area contributed by atoms with Crippen molar-refractivity contribution in [3.8, 4) is 0 Å². The average Bonchev–Trinajstić information content (AvgIpc) is 3.11. The van der Waals surface area contributed by atoms with Crippen molar-refractivity contribution in [1.82, 2.24) is 19.1 Å². The van der Waals surface area contributed by atoms with Crippen molar-refractivity contribution in [2.24, 2.45) is 0 Å². The van der Waals surface area contributed by atoms with E-state index in [0.29, 0.717) is 5.52 Å². The number of hydrogen-bond acceptors (Lipinski definition) is 4. The number of amides is 1. The molecule has 0 aliphatic carbocycles. The Morgan fingerprint density at radius 3 is 2.83 bits per heavy atom. The molecule has 7 heteroatoms. The van der Waals surface area contributed by atoms with Crippen LogP contribution in [0.2, 0.25) is 0 Å². The Balaban J connectivity index is 1.68. The van der Waals surface area contributed by atoms with E-state index in [1.165, 1.54) is 4.68 Å². The summed E-state index contributed by atoms with van der Waals surface area (Å²) in [4.78, 5) is 28.3. The number of nitrogens with zero attached hydrogens (tertiary/aromatic N) is 4. The van der Waals surface area contributed by atoms with Gasteiger partial charge < -0.3 is 4.90 Å². The molecule has 0 spiro atoms. The zero-order valence-electron chi connectivity index (χ0n) is 13.8. The van der Waals surface area contributed by atoms with Gasteiger partial charge in [-0.2, -0.15) is 5.10 Å². The molecule has 2 atom stereocenters. The van der Waals surface area contributed by atoms with Gasteiger partial charge in [-0.25, -0.2) is 4.68 Å². The van der Waals surface area contributed by atoms with Gasteiger partial charge in [-0.15, -0.1) is 11.3 Å². The lowest BCUT2D eigenvalue weighted by molar-refractivity contribution is -0.138. The molecule has 4 rings (SSSR count). The van der Waals surface area contributed by atoms with Crippen molar-refractivity contribution in [2.45, 2.75) is 51.7 Å². The summed E-state index contributed by atoms with van der Waals surface area (Å²) < 4.78 is 3.09. The van der Waals surface area contributed by atoms with Crippen molar-refractivity contribution >= 4 is 33.0 Å². The van der Waals surface area contributed by atoms with Crippen LogP contribution in [-0.4, -0.2) is 37.1 Å². The van der Waals surface area contributed by atoms with Crippen LogP contribution < -0.4 is 5.56 Å². The molecule has 1 amide bonds. The van der Waals surface area contributed by atoms with E-state index in [0.717, 1.165) is 29.5 Å². The molecule has 1 saturated heterocycles. The molecule has 0 radical (unpaired) electrons. The second-order valence-corrected chi connectivity index (χ2v) is 7.50. The van der Waals surface area contributed by atoms with Gasteiger partial charge in [-0.05, 0) is 50.6 Å². The van der Waals surface area contributed by atoms with Gasteiger partial charge in [0.15, 0.2) is 0 Å².